The van der Waals surface area contributed by atoms with Crippen LogP contribution in [0.3, 0.4) is 0 Å². The Morgan fingerprint density at radius 2 is 0.892 bits per heavy atom. The lowest BCUT2D eigenvalue weighted by atomic mass is 10.1. The lowest BCUT2D eigenvalue weighted by molar-refractivity contribution is -0.118. The van der Waals surface area contributed by atoms with Gasteiger partial charge in [0.25, 0.3) is 0 Å². The molecule has 0 spiro atoms. The first-order valence-electron chi connectivity index (χ1n) is 12.8. The summed E-state index contributed by atoms with van der Waals surface area (Å²) in [6.07, 6.45) is 4.36. The lowest BCUT2D eigenvalue weighted by Crippen LogP contribution is -2.09. The molecule has 6 heteroatoms. The van der Waals surface area contributed by atoms with Crippen molar-refractivity contribution in [2.75, 3.05) is 0 Å². The second-order valence-corrected chi connectivity index (χ2v) is 9.95. The summed E-state index contributed by atoms with van der Waals surface area (Å²) in [5.41, 5.74) is 5.40. The molecule has 6 nitrogen and oxygen atoms in total. The first kappa shape index (κ1) is 24.6. The molecule has 1 saturated carbocycles. The molecule has 1 aliphatic carbocycles. The second kappa shape index (κ2) is 11.8. The summed E-state index contributed by atoms with van der Waals surface area (Å²) in [5.74, 6) is 1.41. The predicted octanol–water partition coefficient (Wildman–Crippen LogP) is 4.40. The third-order valence-corrected chi connectivity index (χ3v) is 6.81. The third-order valence-electron chi connectivity index (χ3n) is 6.81. The number of Topliss-reactive ketones (excluding diaryl/α,β-unsaturated/α-hetero) is 2. The van der Waals surface area contributed by atoms with Crippen molar-refractivity contribution in [2.45, 2.75) is 44.9 Å². The lowest BCUT2D eigenvalue weighted by Gasteiger charge is -2.04. The quantitative estimate of drug-likeness (QED) is 0.293. The molecule has 0 aliphatic heterocycles. The number of benzene rings is 2. The van der Waals surface area contributed by atoms with Crippen LogP contribution in [0.1, 0.15) is 40.3 Å². The number of carbonyl (C=O) groups excluding carboxylic acids is 2. The Kier molecular flexibility index (Phi) is 7.84. The van der Waals surface area contributed by atoms with Crippen molar-refractivity contribution < 1.29 is 9.59 Å². The number of rotatable bonds is 12. The van der Waals surface area contributed by atoms with E-state index in [4.69, 9.17) is 0 Å². The summed E-state index contributed by atoms with van der Waals surface area (Å²) in [7, 11) is 0. The number of carbonyl (C=O) groups is 2. The average Bonchev–Trinajstić information content (AvgIpc) is 3.64. The van der Waals surface area contributed by atoms with Gasteiger partial charge in [-0.15, -0.1) is 0 Å². The molecule has 1 fully saturated rings. The molecule has 0 radical (unpaired) electrons. The van der Waals surface area contributed by atoms with Gasteiger partial charge in [0.2, 0.25) is 0 Å². The van der Waals surface area contributed by atoms with Crippen LogP contribution in [0.2, 0.25) is 0 Å². The van der Waals surface area contributed by atoms with Crippen molar-refractivity contribution in [1.29, 1.82) is 0 Å². The molecule has 0 saturated heterocycles. The third kappa shape index (κ3) is 7.46. The fourth-order valence-corrected chi connectivity index (χ4v) is 4.70. The molecule has 4 aromatic rings. The first-order chi connectivity index (χ1) is 18.1. The smallest absolute Gasteiger partial charge is 0.143 e. The maximum Gasteiger partial charge on any atom is 0.143 e. The molecular weight excluding hydrogens is 460 g/mol. The average molecular weight is 491 g/mol. The van der Waals surface area contributed by atoms with E-state index in [2.05, 4.69) is 20.4 Å². The summed E-state index contributed by atoms with van der Waals surface area (Å²) in [6, 6.07) is 27.4. The summed E-state index contributed by atoms with van der Waals surface area (Å²) in [5, 5.41) is 17.3. The van der Waals surface area contributed by atoms with Crippen LogP contribution in [0, 0.1) is 11.8 Å². The Hall–Kier alpha value is -4.06. The van der Waals surface area contributed by atoms with Crippen molar-refractivity contribution in [3.05, 3.63) is 119 Å². The van der Waals surface area contributed by atoms with Crippen molar-refractivity contribution in [3.63, 3.8) is 0 Å². The van der Waals surface area contributed by atoms with Crippen LogP contribution in [0.5, 0.6) is 0 Å². The van der Waals surface area contributed by atoms with Gasteiger partial charge in [-0.05, 0) is 66.5 Å². The summed E-state index contributed by atoms with van der Waals surface area (Å²) in [4.78, 5) is 24.6. The minimum Gasteiger partial charge on any atom is -0.299 e. The zero-order valence-corrected chi connectivity index (χ0v) is 20.8. The van der Waals surface area contributed by atoms with Crippen LogP contribution >= 0.6 is 0 Å². The molecule has 0 unspecified atom stereocenters. The first-order valence-corrected chi connectivity index (χ1v) is 12.8. The highest BCUT2D eigenvalue weighted by Crippen LogP contribution is 2.42. The van der Waals surface area contributed by atoms with Crippen molar-refractivity contribution in [2.24, 2.45) is 11.8 Å². The van der Waals surface area contributed by atoms with Gasteiger partial charge in [-0.25, -0.2) is 0 Å². The molecule has 2 aromatic heterocycles. The van der Waals surface area contributed by atoms with Crippen molar-refractivity contribution in [3.8, 4) is 0 Å². The fourth-order valence-electron chi connectivity index (χ4n) is 4.70. The molecule has 1 aliphatic rings. The van der Waals surface area contributed by atoms with Gasteiger partial charge < -0.3 is 0 Å². The van der Waals surface area contributed by atoms with E-state index in [1.165, 1.54) is 0 Å². The molecule has 0 N–H and O–H groups in total. The van der Waals surface area contributed by atoms with E-state index < -0.39 is 0 Å². The molecule has 0 amide bonds. The Balaban J connectivity index is 1.04. The van der Waals surface area contributed by atoms with E-state index in [1.807, 2.05) is 84.9 Å². The van der Waals surface area contributed by atoms with Gasteiger partial charge in [-0.1, -0.05) is 60.7 Å². The molecule has 37 heavy (non-hydrogen) atoms. The van der Waals surface area contributed by atoms with Crippen LogP contribution in [-0.2, 0) is 48.1 Å². The molecule has 2 aromatic carbocycles. The predicted molar refractivity (Wildman–Crippen MR) is 141 cm³/mol. The zero-order valence-electron chi connectivity index (χ0n) is 20.8. The van der Waals surface area contributed by atoms with Crippen LogP contribution < -0.4 is 0 Å². The number of ketones is 2. The van der Waals surface area contributed by atoms with E-state index in [0.717, 1.165) is 53.2 Å². The summed E-state index contributed by atoms with van der Waals surface area (Å²) in [6.45, 7) is 0. The normalized spacial score (nSPS) is 16.3. The van der Waals surface area contributed by atoms with Gasteiger partial charge >= 0.3 is 0 Å². The monoisotopic (exact) mass is 490 g/mol. The minimum absolute atomic E-state index is 0.142. The largest absolute Gasteiger partial charge is 0.299 e. The summed E-state index contributed by atoms with van der Waals surface area (Å²) < 4.78 is 0. The number of hydrogen-bond donors (Lipinski definition) is 0. The van der Waals surface area contributed by atoms with Crippen LogP contribution in [0.15, 0.2) is 84.9 Å². The van der Waals surface area contributed by atoms with E-state index in [0.29, 0.717) is 37.5 Å². The Bertz CT molecular complexity index is 1220. The van der Waals surface area contributed by atoms with Gasteiger partial charge in [-0.2, -0.15) is 20.4 Å². The SMILES string of the molecule is O=C(Cc1ccccc1)Cc1ccc(C[C@@H]2C[C@H]2Cc2ccc(CC(=O)Cc3ccccc3)nn2)nn1. The topological polar surface area (TPSA) is 85.7 Å². The minimum atomic E-state index is 0.142. The van der Waals surface area contributed by atoms with Crippen LogP contribution in [-0.4, -0.2) is 32.0 Å². The Morgan fingerprint density at radius 1 is 0.514 bits per heavy atom. The maximum absolute atomic E-state index is 12.3. The highest BCUT2D eigenvalue weighted by Gasteiger charge is 2.37. The van der Waals surface area contributed by atoms with Gasteiger partial charge in [0.1, 0.15) is 11.6 Å². The van der Waals surface area contributed by atoms with E-state index in [-0.39, 0.29) is 11.6 Å². The highest BCUT2D eigenvalue weighted by atomic mass is 16.1. The number of nitrogens with zero attached hydrogens (tertiary/aromatic N) is 4. The Labute approximate surface area is 217 Å². The van der Waals surface area contributed by atoms with Gasteiger partial charge in [-0.3, -0.25) is 9.59 Å². The van der Waals surface area contributed by atoms with E-state index >= 15 is 0 Å². The van der Waals surface area contributed by atoms with Gasteiger partial charge in [0, 0.05) is 12.8 Å². The Morgan fingerprint density at radius 3 is 1.27 bits per heavy atom. The molecule has 5 rings (SSSR count). The van der Waals surface area contributed by atoms with Crippen molar-refractivity contribution >= 4 is 11.6 Å². The van der Waals surface area contributed by atoms with Crippen LogP contribution in [0.25, 0.3) is 0 Å². The maximum atomic E-state index is 12.3. The number of aromatic nitrogens is 4. The second-order valence-electron chi connectivity index (χ2n) is 9.95. The molecule has 2 heterocycles. The molecule has 0 bridgehead atoms. The summed E-state index contributed by atoms with van der Waals surface area (Å²) >= 11 is 0. The van der Waals surface area contributed by atoms with Gasteiger partial charge in [0.15, 0.2) is 0 Å². The van der Waals surface area contributed by atoms with Crippen LogP contribution in [0.4, 0.5) is 0 Å². The fraction of sp³-hybridized carbons (Fsp3) is 0.290. The molecular formula is C31H30N4O2. The van der Waals surface area contributed by atoms with E-state index in [1.54, 1.807) is 0 Å². The highest BCUT2D eigenvalue weighted by molar-refractivity contribution is 5.83. The number of hydrogen-bond acceptors (Lipinski definition) is 6. The van der Waals surface area contributed by atoms with Gasteiger partial charge in [0.05, 0.1) is 35.6 Å². The molecule has 186 valence electrons. The van der Waals surface area contributed by atoms with Crippen molar-refractivity contribution in [1.82, 2.24) is 20.4 Å². The standard InChI is InChI=1S/C31H30N4O2/c36-30(15-22-7-3-1-4-8-22)20-28-13-11-26(32-34-28)18-24-17-25(24)19-27-12-14-29(35-33-27)21-31(37)16-23-9-5-2-6-10-23/h1-14,24-25H,15-21H2/t24-,25-/m0/s1. The zero-order chi connectivity index (χ0) is 25.5. The molecule has 2 atom stereocenters. The van der Waals surface area contributed by atoms with E-state index in [9.17, 15) is 9.59 Å².